The number of carbonyl (C=O) groups excluding carboxylic acids is 1. The van der Waals surface area contributed by atoms with E-state index in [1.54, 1.807) is 36.4 Å². The Hall–Kier alpha value is -3.21. The number of hydrogen-bond acceptors (Lipinski definition) is 3. The minimum Gasteiger partial charge on any atom is -0.457 e. The summed E-state index contributed by atoms with van der Waals surface area (Å²) in [7, 11) is 0. The maximum Gasteiger partial charge on any atom is 0.341 e. The van der Waals surface area contributed by atoms with Gasteiger partial charge in [0.05, 0.1) is 5.56 Å². The molecule has 3 aromatic carbocycles. The SMILES string of the molecule is O=C(OCc1ccccc1Oc1ccccc1)c1ccc(F)cc1F. The van der Waals surface area contributed by atoms with Gasteiger partial charge in [-0.1, -0.05) is 36.4 Å². The molecule has 0 bridgehead atoms. The number of esters is 1. The highest BCUT2D eigenvalue weighted by atomic mass is 19.1. The van der Waals surface area contributed by atoms with Crippen molar-refractivity contribution in [2.45, 2.75) is 6.61 Å². The number of hydrogen-bond donors (Lipinski definition) is 0. The summed E-state index contributed by atoms with van der Waals surface area (Å²) < 4.78 is 37.4. The Morgan fingerprint density at radius 2 is 1.60 bits per heavy atom. The highest BCUT2D eigenvalue weighted by Crippen LogP contribution is 2.26. The summed E-state index contributed by atoms with van der Waals surface area (Å²) in [6.45, 7) is -0.0986. The molecule has 0 heterocycles. The first-order valence-corrected chi connectivity index (χ1v) is 7.56. The number of rotatable bonds is 5. The molecule has 3 rings (SSSR count). The minimum absolute atomic E-state index is 0.0986. The van der Waals surface area contributed by atoms with Crippen LogP contribution in [0.3, 0.4) is 0 Å². The molecule has 0 radical (unpaired) electrons. The first kappa shape index (κ1) is 16.6. The van der Waals surface area contributed by atoms with Gasteiger partial charge in [-0.3, -0.25) is 0 Å². The van der Waals surface area contributed by atoms with Gasteiger partial charge in [0.15, 0.2) is 0 Å². The summed E-state index contributed by atoms with van der Waals surface area (Å²) in [6.07, 6.45) is 0. The van der Waals surface area contributed by atoms with E-state index < -0.39 is 17.6 Å². The number of carbonyl (C=O) groups is 1. The van der Waals surface area contributed by atoms with E-state index in [2.05, 4.69) is 0 Å². The fourth-order valence-corrected chi connectivity index (χ4v) is 2.21. The molecule has 3 aromatic rings. The molecule has 0 saturated heterocycles. The quantitative estimate of drug-likeness (QED) is 0.605. The molecular formula is C20H14F2O3. The molecule has 0 spiro atoms. The van der Waals surface area contributed by atoms with E-state index >= 15 is 0 Å². The lowest BCUT2D eigenvalue weighted by Gasteiger charge is -2.11. The van der Waals surface area contributed by atoms with Gasteiger partial charge in [-0.15, -0.1) is 0 Å². The molecule has 0 saturated carbocycles. The third kappa shape index (κ3) is 4.20. The van der Waals surface area contributed by atoms with E-state index in [4.69, 9.17) is 9.47 Å². The molecule has 126 valence electrons. The molecule has 0 aliphatic rings. The normalized spacial score (nSPS) is 10.3. The van der Waals surface area contributed by atoms with E-state index in [1.165, 1.54) is 0 Å². The van der Waals surface area contributed by atoms with Crippen molar-refractivity contribution in [1.82, 2.24) is 0 Å². The molecule has 3 nitrogen and oxygen atoms in total. The summed E-state index contributed by atoms with van der Waals surface area (Å²) in [4.78, 5) is 12.0. The Balaban J connectivity index is 1.72. The highest BCUT2D eigenvalue weighted by molar-refractivity contribution is 5.89. The van der Waals surface area contributed by atoms with Crippen LogP contribution < -0.4 is 4.74 Å². The number of benzene rings is 3. The van der Waals surface area contributed by atoms with Gasteiger partial charge < -0.3 is 9.47 Å². The van der Waals surface area contributed by atoms with Gasteiger partial charge in [-0.2, -0.15) is 0 Å². The van der Waals surface area contributed by atoms with Crippen LogP contribution in [0, 0.1) is 11.6 Å². The first-order valence-electron chi connectivity index (χ1n) is 7.56. The van der Waals surface area contributed by atoms with Crippen LogP contribution in [0.1, 0.15) is 15.9 Å². The number of para-hydroxylation sites is 2. The lowest BCUT2D eigenvalue weighted by molar-refractivity contribution is 0.0465. The van der Waals surface area contributed by atoms with Crippen LogP contribution in [-0.4, -0.2) is 5.97 Å². The summed E-state index contributed by atoms with van der Waals surface area (Å²) in [5, 5.41) is 0. The van der Waals surface area contributed by atoms with Crippen LogP contribution in [0.2, 0.25) is 0 Å². The Bertz CT molecular complexity index is 879. The average Bonchev–Trinajstić information content (AvgIpc) is 2.61. The molecule has 25 heavy (non-hydrogen) atoms. The van der Waals surface area contributed by atoms with Gasteiger partial charge in [-0.25, -0.2) is 13.6 Å². The van der Waals surface area contributed by atoms with Crippen molar-refractivity contribution in [1.29, 1.82) is 0 Å². The van der Waals surface area contributed by atoms with Gasteiger partial charge in [0.2, 0.25) is 0 Å². The van der Waals surface area contributed by atoms with Crippen molar-refractivity contribution in [2.24, 2.45) is 0 Å². The second-order valence-electron chi connectivity index (χ2n) is 5.22. The second kappa shape index (κ2) is 7.57. The Morgan fingerprint density at radius 3 is 2.36 bits per heavy atom. The molecule has 0 atom stereocenters. The van der Waals surface area contributed by atoms with Crippen LogP contribution in [-0.2, 0) is 11.3 Å². The predicted octanol–water partition coefficient (Wildman–Crippen LogP) is 5.11. The van der Waals surface area contributed by atoms with Crippen molar-refractivity contribution in [3.8, 4) is 11.5 Å². The Morgan fingerprint density at radius 1 is 0.880 bits per heavy atom. The largest absolute Gasteiger partial charge is 0.457 e. The predicted molar refractivity (Wildman–Crippen MR) is 88.4 cm³/mol. The van der Waals surface area contributed by atoms with Crippen molar-refractivity contribution < 1.29 is 23.0 Å². The van der Waals surface area contributed by atoms with E-state index in [0.717, 1.165) is 12.1 Å². The molecule has 0 aliphatic heterocycles. The van der Waals surface area contributed by atoms with Gasteiger partial charge >= 0.3 is 5.97 Å². The van der Waals surface area contributed by atoms with Crippen LogP contribution in [0.25, 0.3) is 0 Å². The van der Waals surface area contributed by atoms with Crippen molar-refractivity contribution in [3.63, 3.8) is 0 Å². The summed E-state index contributed by atoms with van der Waals surface area (Å²) in [5.74, 6) is -1.41. The highest BCUT2D eigenvalue weighted by Gasteiger charge is 2.15. The molecule has 0 N–H and O–H groups in total. The third-order valence-electron chi connectivity index (χ3n) is 3.45. The maximum absolute atomic E-state index is 13.6. The maximum atomic E-state index is 13.6. The van der Waals surface area contributed by atoms with E-state index in [1.807, 2.05) is 18.2 Å². The van der Waals surface area contributed by atoms with Crippen molar-refractivity contribution in [2.75, 3.05) is 0 Å². The molecule has 0 aliphatic carbocycles. The van der Waals surface area contributed by atoms with Gasteiger partial charge in [0.1, 0.15) is 29.7 Å². The standard InChI is InChI=1S/C20H14F2O3/c21-15-10-11-17(18(22)12-15)20(23)24-13-14-6-4-5-9-19(14)25-16-7-2-1-3-8-16/h1-12H,13H2. The van der Waals surface area contributed by atoms with E-state index in [0.29, 0.717) is 23.1 Å². The third-order valence-corrected chi connectivity index (χ3v) is 3.45. The minimum atomic E-state index is -0.959. The Kier molecular flexibility index (Phi) is 5.04. The molecule has 0 amide bonds. The fourth-order valence-electron chi connectivity index (χ4n) is 2.21. The lowest BCUT2D eigenvalue weighted by Crippen LogP contribution is -2.08. The molecule has 0 aromatic heterocycles. The zero-order valence-electron chi connectivity index (χ0n) is 13.1. The first-order chi connectivity index (χ1) is 12.1. The monoisotopic (exact) mass is 340 g/mol. The lowest BCUT2D eigenvalue weighted by atomic mass is 10.2. The van der Waals surface area contributed by atoms with Gasteiger partial charge in [0, 0.05) is 11.6 Å². The van der Waals surface area contributed by atoms with Gasteiger partial charge in [0.25, 0.3) is 0 Å². The number of halogens is 2. The van der Waals surface area contributed by atoms with Crippen LogP contribution in [0.4, 0.5) is 8.78 Å². The molecule has 0 fully saturated rings. The average molecular weight is 340 g/mol. The van der Waals surface area contributed by atoms with Gasteiger partial charge in [-0.05, 0) is 30.3 Å². The van der Waals surface area contributed by atoms with Crippen molar-refractivity contribution >= 4 is 5.97 Å². The van der Waals surface area contributed by atoms with Crippen LogP contribution in [0.5, 0.6) is 11.5 Å². The van der Waals surface area contributed by atoms with Crippen LogP contribution in [0.15, 0.2) is 72.8 Å². The molecular weight excluding hydrogens is 326 g/mol. The fraction of sp³-hybridized carbons (Fsp3) is 0.0500. The zero-order valence-corrected chi connectivity index (χ0v) is 13.1. The summed E-state index contributed by atoms with van der Waals surface area (Å²) >= 11 is 0. The van der Waals surface area contributed by atoms with E-state index in [-0.39, 0.29) is 12.2 Å². The van der Waals surface area contributed by atoms with Crippen molar-refractivity contribution in [3.05, 3.63) is 95.6 Å². The second-order valence-corrected chi connectivity index (χ2v) is 5.22. The summed E-state index contributed by atoms with van der Waals surface area (Å²) in [6, 6.07) is 18.9. The Labute approximate surface area is 143 Å². The summed E-state index contributed by atoms with van der Waals surface area (Å²) in [5.41, 5.74) is 0.310. The van der Waals surface area contributed by atoms with E-state index in [9.17, 15) is 13.6 Å². The smallest absolute Gasteiger partial charge is 0.341 e. The van der Waals surface area contributed by atoms with Crippen LogP contribution >= 0.6 is 0 Å². The topological polar surface area (TPSA) is 35.5 Å². The zero-order chi connectivity index (χ0) is 17.6. The molecule has 0 unspecified atom stereocenters. The molecule has 5 heteroatoms. The number of ether oxygens (including phenoxy) is 2.